The summed E-state index contributed by atoms with van der Waals surface area (Å²) in [6.45, 7) is 5.65. The highest BCUT2D eigenvalue weighted by Gasteiger charge is 2.48. The van der Waals surface area contributed by atoms with Crippen LogP contribution < -0.4 is 9.80 Å². The van der Waals surface area contributed by atoms with Crippen molar-refractivity contribution >= 4 is 23.4 Å². The van der Waals surface area contributed by atoms with Gasteiger partial charge in [-0.05, 0) is 25.0 Å². The molecule has 1 aliphatic carbocycles. The Bertz CT molecular complexity index is 684. The standard InChI is InChI=1S/C20H24ClN3O2/c21-16-7-5-15(6-8-16)13-22-9-11-23(12-10-22)14-24-19(25)17-3-1-2-4-18(17)20(24)26/h1-2,5-8,17-18H,3-4,9-14H2/p+2/t17-,18+. The van der Waals surface area contributed by atoms with E-state index >= 15 is 0 Å². The van der Waals surface area contributed by atoms with Crippen LogP contribution in [-0.2, 0) is 16.1 Å². The van der Waals surface area contributed by atoms with Gasteiger partial charge < -0.3 is 9.80 Å². The van der Waals surface area contributed by atoms with Crippen LogP contribution in [-0.4, -0.2) is 49.6 Å². The molecule has 1 aromatic rings. The summed E-state index contributed by atoms with van der Waals surface area (Å²) in [6.07, 6.45) is 5.53. The number of carbonyl (C=O) groups excluding carboxylic acids is 2. The second-order valence-electron chi connectivity index (χ2n) is 7.72. The minimum Gasteiger partial charge on any atom is -0.322 e. The van der Waals surface area contributed by atoms with Gasteiger partial charge in [0.1, 0.15) is 32.7 Å². The number of imide groups is 1. The summed E-state index contributed by atoms with van der Waals surface area (Å²) in [5, 5.41) is 0.772. The quantitative estimate of drug-likeness (QED) is 0.552. The van der Waals surface area contributed by atoms with Gasteiger partial charge in [-0.2, -0.15) is 0 Å². The SMILES string of the molecule is O=C1[C@H]2CC=CC[C@H]2C(=O)N1C[NH+]1CC[NH+](Cc2ccc(Cl)cc2)CC1. The van der Waals surface area contributed by atoms with Crippen molar-refractivity contribution in [2.75, 3.05) is 32.8 Å². The fourth-order valence-corrected chi connectivity index (χ4v) is 4.56. The largest absolute Gasteiger partial charge is 0.322 e. The zero-order valence-electron chi connectivity index (χ0n) is 14.9. The molecule has 0 radical (unpaired) electrons. The number of allylic oxidation sites excluding steroid dienone is 2. The molecule has 2 fully saturated rings. The van der Waals surface area contributed by atoms with E-state index in [1.807, 2.05) is 24.3 Å². The molecular formula is C20H26ClN3O2+2. The van der Waals surface area contributed by atoms with Crippen LogP contribution in [0.4, 0.5) is 0 Å². The van der Waals surface area contributed by atoms with Crippen molar-refractivity contribution in [1.82, 2.24) is 4.90 Å². The number of benzene rings is 1. The molecule has 4 rings (SSSR count). The van der Waals surface area contributed by atoms with E-state index in [0.29, 0.717) is 6.67 Å². The first-order valence-electron chi connectivity index (χ1n) is 9.53. The topological polar surface area (TPSA) is 46.3 Å². The van der Waals surface area contributed by atoms with Gasteiger partial charge in [-0.15, -0.1) is 0 Å². The average molecular weight is 376 g/mol. The first-order chi connectivity index (χ1) is 12.6. The van der Waals surface area contributed by atoms with Crippen molar-refractivity contribution in [3.63, 3.8) is 0 Å². The predicted molar refractivity (Wildman–Crippen MR) is 98.6 cm³/mol. The third kappa shape index (κ3) is 3.56. The van der Waals surface area contributed by atoms with Gasteiger partial charge in [0.25, 0.3) is 0 Å². The number of likely N-dealkylation sites (tertiary alicyclic amines) is 1. The minimum absolute atomic E-state index is 0.0489. The first-order valence-corrected chi connectivity index (χ1v) is 9.91. The van der Waals surface area contributed by atoms with E-state index in [4.69, 9.17) is 11.6 Å². The molecule has 0 saturated carbocycles. The van der Waals surface area contributed by atoms with Crippen molar-refractivity contribution in [1.29, 1.82) is 0 Å². The third-order valence-electron chi connectivity index (χ3n) is 6.01. The van der Waals surface area contributed by atoms with Crippen molar-refractivity contribution in [3.8, 4) is 0 Å². The number of rotatable bonds is 4. The Morgan fingerprint density at radius 2 is 1.42 bits per heavy atom. The van der Waals surface area contributed by atoms with E-state index in [-0.39, 0.29) is 23.7 Å². The van der Waals surface area contributed by atoms with E-state index in [1.165, 1.54) is 10.5 Å². The Morgan fingerprint density at radius 1 is 0.885 bits per heavy atom. The first kappa shape index (κ1) is 17.7. The highest BCUT2D eigenvalue weighted by Crippen LogP contribution is 2.34. The van der Waals surface area contributed by atoms with Crippen molar-refractivity contribution < 1.29 is 19.4 Å². The Hall–Kier alpha value is -1.69. The molecule has 1 aromatic carbocycles. The van der Waals surface area contributed by atoms with Gasteiger partial charge in [-0.3, -0.25) is 9.59 Å². The maximum atomic E-state index is 12.6. The number of hydrogen-bond acceptors (Lipinski definition) is 2. The molecule has 138 valence electrons. The number of quaternary nitrogens is 2. The molecule has 2 heterocycles. The number of nitrogens with one attached hydrogen (secondary N) is 2. The number of fused-ring (bicyclic) bond motifs is 1. The third-order valence-corrected chi connectivity index (χ3v) is 6.26. The molecule has 0 unspecified atom stereocenters. The van der Waals surface area contributed by atoms with Crippen LogP contribution in [0.3, 0.4) is 0 Å². The summed E-state index contributed by atoms with van der Waals surface area (Å²) in [7, 11) is 0. The van der Waals surface area contributed by atoms with E-state index in [9.17, 15) is 9.59 Å². The average Bonchev–Trinajstić information content (AvgIpc) is 2.90. The van der Waals surface area contributed by atoms with Gasteiger partial charge >= 0.3 is 0 Å². The molecule has 0 spiro atoms. The van der Waals surface area contributed by atoms with Crippen LogP contribution in [0.25, 0.3) is 0 Å². The van der Waals surface area contributed by atoms with Gasteiger partial charge in [-0.25, -0.2) is 4.90 Å². The molecule has 0 bridgehead atoms. The summed E-state index contributed by atoms with van der Waals surface area (Å²) >= 11 is 5.95. The van der Waals surface area contributed by atoms with Crippen LogP contribution in [0.2, 0.25) is 5.02 Å². The lowest BCUT2D eigenvalue weighted by atomic mass is 9.85. The van der Waals surface area contributed by atoms with Gasteiger partial charge in [0.2, 0.25) is 11.8 Å². The van der Waals surface area contributed by atoms with Crippen LogP contribution in [0.1, 0.15) is 18.4 Å². The number of hydrogen-bond donors (Lipinski definition) is 2. The van der Waals surface area contributed by atoms with Crippen LogP contribution in [0.5, 0.6) is 0 Å². The molecule has 2 amide bonds. The van der Waals surface area contributed by atoms with Crippen LogP contribution in [0.15, 0.2) is 36.4 Å². The lowest BCUT2D eigenvalue weighted by molar-refractivity contribution is -1.02. The zero-order chi connectivity index (χ0) is 18.1. The van der Waals surface area contributed by atoms with E-state index in [1.54, 1.807) is 9.80 Å². The number of halogens is 1. The summed E-state index contributed by atoms with van der Waals surface area (Å²) in [5.41, 5.74) is 1.30. The van der Waals surface area contributed by atoms with Crippen molar-refractivity contribution in [2.24, 2.45) is 11.8 Å². The molecule has 3 aliphatic rings. The van der Waals surface area contributed by atoms with Gasteiger partial charge in [0.05, 0.1) is 11.8 Å². The van der Waals surface area contributed by atoms with Crippen molar-refractivity contribution in [3.05, 3.63) is 47.0 Å². The number of carbonyl (C=O) groups is 2. The summed E-state index contributed by atoms with van der Waals surface area (Å²) < 4.78 is 0. The molecule has 26 heavy (non-hydrogen) atoms. The molecule has 6 heteroatoms. The normalized spacial score (nSPS) is 31.3. The van der Waals surface area contributed by atoms with E-state index in [2.05, 4.69) is 12.1 Å². The molecule has 2 aliphatic heterocycles. The minimum atomic E-state index is -0.108. The second-order valence-corrected chi connectivity index (χ2v) is 8.16. The molecule has 2 saturated heterocycles. The maximum Gasteiger partial charge on any atom is 0.237 e. The van der Waals surface area contributed by atoms with Gasteiger partial charge in [-0.1, -0.05) is 35.9 Å². The van der Waals surface area contributed by atoms with E-state index < -0.39 is 0 Å². The number of amides is 2. The fourth-order valence-electron chi connectivity index (χ4n) is 4.43. The summed E-state index contributed by atoms with van der Waals surface area (Å²) in [5.74, 6) is -0.118. The number of nitrogens with zero attached hydrogens (tertiary/aromatic N) is 1. The molecule has 2 atom stereocenters. The zero-order valence-corrected chi connectivity index (χ0v) is 15.7. The fraction of sp³-hybridized carbons (Fsp3) is 0.500. The molecule has 2 N–H and O–H groups in total. The van der Waals surface area contributed by atoms with Gasteiger partial charge in [0, 0.05) is 10.6 Å². The Morgan fingerprint density at radius 3 is 2.00 bits per heavy atom. The van der Waals surface area contributed by atoms with Crippen LogP contribution in [0, 0.1) is 11.8 Å². The van der Waals surface area contributed by atoms with Crippen LogP contribution >= 0.6 is 11.6 Å². The molecule has 0 aromatic heterocycles. The lowest BCUT2D eigenvalue weighted by Gasteiger charge is -2.31. The summed E-state index contributed by atoms with van der Waals surface area (Å²) in [4.78, 5) is 29.6. The van der Waals surface area contributed by atoms with Gasteiger partial charge in [0.15, 0.2) is 6.67 Å². The van der Waals surface area contributed by atoms with Crippen molar-refractivity contribution in [2.45, 2.75) is 19.4 Å². The highest BCUT2D eigenvalue weighted by atomic mass is 35.5. The number of piperazine rings is 1. The Labute approximate surface area is 159 Å². The highest BCUT2D eigenvalue weighted by molar-refractivity contribution is 6.30. The maximum absolute atomic E-state index is 12.6. The monoisotopic (exact) mass is 375 g/mol. The molecular weight excluding hydrogens is 350 g/mol. The Kier molecular flexibility index (Phi) is 5.11. The second kappa shape index (κ2) is 7.51. The van der Waals surface area contributed by atoms with E-state index in [0.717, 1.165) is 50.6 Å². The summed E-state index contributed by atoms with van der Waals surface area (Å²) in [6, 6.07) is 8.06. The molecule has 5 nitrogen and oxygen atoms in total. The predicted octanol–water partition coefficient (Wildman–Crippen LogP) is -0.468. The smallest absolute Gasteiger partial charge is 0.237 e. The lowest BCUT2D eigenvalue weighted by Crippen LogP contribution is -3.28. The Balaban J connectivity index is 1.29.